The molecule has 1 N–H and O–H groups in total. The van der Waals surface area contributed by atoms with Gasteiger partial charge in [0.25, 0.3) is 5.91 Å². The standard InChI is InChI=1S/C16H16FNO2/c1-2-11-20-15-10-6-5-9-14(15)18-16(19)12-7-3-4-8-13(12)17/h3-10H,2,11H2,1H3,(H,18,19). The van der Waals surface area contributed by atoms with Crippen LogP contribution in [0.25, 0.3) is 0 Å². The highest BCUT2D eigenvalue weighted by Gasteiger charge is 2.13. The molecule has 0 aliphatic rings. The third-order valence-corrected chi connectivity index (χ3v) is 2.72. The van der Waals surface area contributed by atoms with E-state index < -0.39 is 11.7 Å². The third-order valence-electron chi connectivity index (χ3n) is 2.72. The summed E-state index contributed by atoms with van der Waals surface area (Å²) >= 11 is 0. The van der Waals surface area contributed by atoms with E-state index in [1.165, 1.54) is 12.1 Å². The summed E-state index contributed by atoms with van der Waals surface area (Å²) in [5, 5.41) is 2.67. The number of carbonyl (C=O) groups is 1. The fourth-order valence-electron chi connectivity index (χ4n) is 1.74. The molecule has 1 amide bonds. The second-order valence-corrected chi connectivity index (χ2v) is 4.28. The number of carbonyl (C=O) groups excluding carboxylic acids is 1. The number of anilines is 1. The smallest absolute Gasteiger partial charge is 0.258 e. The Balaban J connectivity index is 2.18. The zero-order valence-electron chi connectivity index (χ0n) is 11.2. The Morgan fingerprint density at radius 1 is 1.15 bits per heavy atom. The predicted octanol–water partition coefficient (Wildman–Crippen LogP) is 3.87. The molecule has 3 nitrogen and oxygen atoms in total. The molecule has 2 aromatic carbocycles. The first kappa shape index (κ1) is 14.1. The molecule has 104 valence electrons. The van der Waals surface area contributed by atoms with Crippen LogP contribution in [0, 0.1) is 5.82 Å². The Bertz CT molecular complexity index is 599. The first-order valence-electron chi connectivity index (χ1n) is 6.50. The molecule has 4 heteroatoms. The molecular formula is C16H16FNO2. The van der Waals surface area contributed by atoms with Crippen molar-refractivity contribution in [3.05, 3.63) is 59.9 Å². The van der Waals surface area contributed by atoms with Crippen LogP contribution in [0.4, 0.5) is 10.1 Å². The predicted molar refractivity (Wildman–Crippen MR) is 76.6 cm³/mol. The number of para-hydroxylation sites is 2. The van der Waals surface area contributed by atoms with Gasteiger partial charge in [0.2, 0.25) is 0 Å². The van der Waals surface area contributed by atoms with Crippen molar-refractivity contribution in [2.45, 2.75) is 13.3 Å². The van der Waals surface area contributed by atoms with Crippen molar-refractivity contribution >= 4 is 11.6 Å². The lowest BCUT2D eigenvalue weighted by Gasteiger charge is -2.12. The summed E-state index contributed by atoms with van der Waals surface area (Å²) in [6, 6.07) is 13.0. The van der Waals surface area contributed by atoms with Gasteiger partial charge in [0.1, 0.15) is 11.6 Å². The Labute approximate surface area is 117 Å². The second-order valence-electron chi connectivity index (χ2n) is 4.28. The number of nitrogens with one attached hydrogen (secondary N) is 1. The molecule has 0 saturated carbocycles. The number of hydrogen-bond donors (Lipinski definition) is 1. The molecule has 0 bridgehead atoms. The average Bonchev–Trinajstić information content (AvgIpc) is 2.46. The summed E-state index contributed by atoms with van der Waals surface area (Å²) in [5.41, 5.74) is 0.548. The third kappa shape index (κ3) is 3.35. The van der Waals surface area contributed by atoms with Crippen molar-refractivity contribution < 1.29 is 13.9 Å². The van der Waals surface area contributed by atoms with Crippen molar-refractivity contribution in [2.75, 3.05) is 11.9 Å². The van der Waals surface area contributed by atoms with Gasteiger partial charge in [-0.25, -0.2) is 4.39 Å². The van der Waals surface area contributed by atoms with Gasteiger partial charge in [-0.2, -0.15) is 0 Å². The van der Waals surface area contributed by atoms with E-state index in [1.54, 1.807) is 30.3 Å². The quantitative estimate of drug-likeness (QED) is 0.898. The van der Waals surface area contributed by atoms with E-state index in [2.05, 4.69) is 5.32 Å². The summed E-state index contributed by atoms with van der Waals surface area (Å²) < 4.78 is 19.1. The van der Waals surface area contributed by atoms with Crippen molar-refractivity contribution in [2.24, 2.45) is 0 Å². The fourth-order valence-corrected chi connectivity index (χ4v) is 1.74. The Kier molecular flexibility index (Phi) is 4.71. The topological polar surface area (TPSA) is 38.3 Å². The molecule has 2 aromatic rings. The normalized spacial score (nSPS) is 10.1. The number of benzene rings is 2. The number of halogens is 1. The van der Waals surface area contributed by atoms with Gasteiger partial charge in [-0.05, 0) is 30.7 Å². The number of rotatable bonds is 5. The number of amides is 1. The Morgan fingerprint density at radius 3 is 2.60 bits per heavy atom. The van der Waals surface area contributed by atoms with E-state index in [1.807, 2.05) is 13.0 Å². The Hall–Kier alpha value is -2.36. The molecule has 0 radical (unpaired) electrons. The van der Waals surface area contributed by atoms with Crippen LogP contribution in [0.3, 0.4) is 0 Å². The van der Waals surface area contributed by atoms with Crippen molar-refractivity contribution in [1.82, 2.24) is 0 Å². The maximum absolute atomic E-state index is 13.6. The van der Waals surface area contributed by atoms with Crippen LogP contribution in [0.1, 0.15) is 23.7 Å². The highest BCUT2D eigenvalue weighted by atomic mass is 19.1. The highest BCUT2D eigenvalue weighted by Crippen LogP contribution is 2.24. The van der Waals surface area contributed by atoms with Crippen LogP contribution in [0.15, 0.2) is 48.5 Å². The van der Waals surface area contributed by atoms with Crippen LogP contribution < -0.4 is 10.1 Å². The van der Waals surface area contributed by atoms with Gasteiger partial charge in [-0.1, -0.05) is 31.2 Å². The molecule has 0 saturated heterocycles. The van der Waals surface area contributed by atoms with Crippen molar-refractivity contribution in [3.63, 3.8) is 0 Å². The SMILES string of the molecule is CCCOc1ccccc1NC(=O)c1ccccc1F. The molecule has 0 spiro atoms. The van der Waals surface area contributed by atoms with Gasteiger partial charge >= 0.3 is 0 Å². The summed E-state index contributed by atoms with van der Waals surface area (Å²) in [7, 11) is 0. The van der Waals surface area contributed by atoms with Gasteiger partial charge in [0, 0.05) is 0 Å². The molecule has 0 atom stereocenters. The molecule has 0 heterocycles. The first-order chi connectivity index (χ1) is 9.72. The van der Waals surface area contributed by atoms with Crippen molar-refractivity contribution in [3.8, 4) is 5.75 Å². The molecule has 20 heavy (non-hydrogen) atoms. The molecular weight excluding hydrogens is 257 g/mol. The number of hydrogen-bond acceptors (Lipinski definition) is 2. The summed E-state index contributed by atoms with van der Waals surface area (Å²) in [6.07, 6.45) is 0.871. The van der Waals surface area contributed by atoms with E-state index in [9.17, 15) is 9.18 Å². The van der Waals surface area contributed by atoms with Gasteiger partial charge in [0.05, 0.1) is 17.9 Å². The Morgan fingerprint density at radius 2 is 1.85 bits per heavy atom. The van der Waals surface area contributed by atoms with Crippen LogP contribution >= 0.6 is 0 Å². The summed E-state index contributed by atoms with van der Waals surface area (Å²) in [4.78, 5) is 12.1. The summed E-state index contributed by atoms with van der Waals surface area (Å²) in [6.45, 7) is 2.56. The maximum atomic E-state index is 13.6. The first-order valence-corrected chi connectivity index (χ1v) is 6.50. The monoisotopic (exact) mass is 273 g/mol. The van der Waals surface area contributed by atoms with Crippen molar-refractivity contribution in [1.29, 1.82) is 0 Å². The van der Waals surface area contributed by atoms with E-state index in [0.29, 0.717) is 18.0 Å². The van der Waals surface area contributed by atoms with E-state index >= 15 is 0 Å². The maximum Gasteiger partial charge on any atom is 0.258 e. The number of ether oxygens (including phenoxy) is 1. The molecule has 0 aliphatic heterocycles. The molecule has 0 unspecified atom stereocenters. The molecule has 0 aromatic heterocycles. The second kappa shape index (κ2) is 6.70. The van der Waals surface area contributed by atoms with Gasteiger partial charge in [-0.15, -0.1) is 0 Å². The minimum absolute atomic E-state index is 0.0118. The lowest BCUT2D eigenvalue weighted by Crippen LogP contribution is -2.14. The zero-order chi connectivity index (χ0) is 14.4. The van der Waals surface area contributed by atoms with Crippen LogP contribution in [-0.4, -0.2) is 12.5 Å². The highest BCUT2D eigenvalue weighted by molar-refractivity contribution is 6.05. The largest absolute Gasteiger partial charge is 0.491 e. The van der Waals surface area contributed by atoms with Gasteiger partial charge in [-0.3, -0.25) is 4.79 Å². The fraction of sp³-hybridized carbons (Fsp3) is 0.188. The lowest BCUT2D eigenvalue weighted by molar-refractivity contribution is 0.102. The van der Waals surface area contributed by atoms with E-state index in [-0.39, 0.29) is 5.56 Å². The van der Waals surface area contributed by atoms with Crippen LogP contribution in [-0.2, 0) is 0 Å². The minimum Gasteiger partial charge on any atom is -0.491 e. The van der Waals surface area contributed by atoms with E-state index in [4.69, 9.17) is 4.74 Å². The van der Waals surface area contributed by atoms with E-state index in [0.717, 1.165) is 6.42 Å². The van der Waals surface area contributed by atoms with Gasteiger partial charge < -0.3 is 10.1 Å². The van der Waals surface area contributed by atoms with Crippen LogP contribution in [0.2, 0.25) is 0 Å². The minimum atomic E-state index is -0.544. The molecule has 0 aliphatic carbocycles. The zero-order valence-corrected chi connectivity index (χ0v) is 11.2. The molecule has 0 fully saturated rings. The average molecular weight is 273 g/mol. The van der Waals surface area contributed by atoms with Gasteiger partial charge in [0.15, 0.2) is 0 Å². The lowest BCUT2D eigenvalue weighted by atomic mass is 10.2. The molecule has 2 rings (SSSR count). The van der Waals surface area contributed by atoms with Crippen LogP contribution in [0.5, 0.6) is 5.75 Å². The summed E-state index contributed by atoms with van der Waals surface area (Å²) in [5.74, 6) is -0.452.